The number of aliphatic carboxylic acids is 1. The molecular weight excluding hydrogens is 206 g/mol. The topological polar surface area (TPSA) is 86.0 Å². The molecule has 5 heteroatoms. The van der Waals surface area contributed by atoms with Crippen molar-refractivity contribution in [3.63, 3.8) is 0 Å². The number of carbonyl (C=O) groups is 1. The van der Waals surface area contributed by atoms with Crippen LogP contribution in [0.25, 0.3) is 0 Å². The number of anilines is 1. The van der Waals surface area contributed by atoms with Crippen LogP contribution in [-0.2, 0) is 4.79 Å². The molecule has 0 fully saturated rings. The highest BCUT2D eigenvalue weighted by molar-refractivity contribution is 5.74. The number of hydrogen-bond donors (Lipinski definition) is 2. The molecule has 0 saturated heterocycles. The van der Waals surface area contributed by atoms with Gasteiger partial charge in [0.05, 0.1) is 11.0 Å². The number of pyridine rings is 1. The van der Waals surface area contributed by atoms with Crippen LogP contribution in [0.4, 0.5) is 5.82 Å². The molecule has 0 spiro atoms. The summed E-state index contributed by atoms with van der Waals surface area (Å²) in [6.45, 7) is 3.54. The van der Waals surface area contributed by atoms with Crippen molar-refractivity contribution in [3.05, 3.63) is 23.9 Å². The molecule has 84 valence electrons. The van der Waals surface area contributed by atoms with E-state index in [1.165, 1.54) is 6.20 Å². The second-order valence-electron chi connectivity index (χ2n) is 4.09. The Kier molecular flexibility index (Phi) is 3.46. The molecule has 1 aromatic heterocycles. The lowest BCUT2D eigenvalue weighted by Crippen LogP contribution is -2.31. The minimum absolute atomic E-state index is 0.279. The number of aromatic nitrogens is 1. The fourth-order valence-corrected chi connectivity index (χ4v) is 0.952. The van der Waals surface area contributed by atoms with Gasteiger partial charge in [0.2, 0.25) is 0 Å². The molecule has 0 unspecified atom stereocenters. The van der Waals surface area contributed by atoms with E-state index in [1.54, 1.807) is 26.0 Å². The van der Waals surface area contributed by atoms with Gasteiger partial charge in [-0.1, -0.05) is 0 Å². The summed E-state index contributed by atoms with van der Waals surface area (Å²) in [6, 6.07) is 5.24. The number of nitrogens with zero attached hydrogens (tertiary/aromatic N) is 2. The van der Waals surface area contributed by atoms with Crippen molar-refractivity contribution in [2.24, 2.45) is 5.41 Å². The van der Waals surface area contributed by atoms with Crippen LogP contribution < -0.4 is 5.32 Å². The summed E-state index contributed by atoms with van der Waals surface area (Å²) < 4.78 is 0. The van der Waals surface area contributed by atoms with Crippen LogP contribution in [0, 0.1) is 16.7 Å². The molecule has 1 heterocycles. The summed E-state index contributed by atoms with van der Waals surface area (Å²) in [6.07, 6.45) is 1.44. The van der Waals surface area contributed by atoms with Crippen molar-refractivity contribution in [1.29, 1.82) is 5.26 Å². The Morgan fingerprint density at radius 1 is 1.62 bits per heavy atom. The van der Waals surface area contributed by atoms with Gasteiger partial charge in [-0.05, 0) is 26.0 Å². The highest BCUT2D eigenvalue weighted by Crippen LogP contribution is 2.16. The molecule has 0 amide bonds. The lowest BCUT2D eigenvalue weighted by Gasteiger charge is -2.19. The van der Waals surface area contributed by atoms with Gasteiger partial charge < -0.3 is 10.4 Å². The Balaban J connectivity index is 2.62. The van der Waals surface area contributed by atoms with Crippen molar-refractivity contribution < 1.29 is 9.90 Å². The predicted molar refractivity (Wildman–Crippen MR) is 58.9 cm³/mol. The van der Waals surface area contributed by atoms with Crippen molar-refractivity contribution in [1.82, 2.24) is 4.98 Å². The quantitative estimate of drug-likeness (QED) is 0.800. The molecule has 0 radical (unpaired) electrons. The summed E-state index contributed by atoms with van der Waals surface area (Å²) in [4.78, 5) is 14.8. The highest BCUT2D eigenvalue weighted by atomic mass is 16.4. The zero-order valence-corrected chi connectivity index (χ0v) is 9.19. The first-order chi connectivity index (χ1) is 7.45. The second-order valence-corrected chi connectivity index (χ2v) is 4.09. The maximum absolute atomic E-state index is 10.8. The molecule has 0 aromatic carbocycles. The highest BCUT2D eigenvalue weighted by Gasteiger charge is 2.26. The maximum Gasteiger partial charge on any atom is 0.310 e. The van der Waals surface area contributed by atoms with Crippen LogP contribution in [0.5, 0.6) is 0 Å². The normalized spacial score (nSPS) is 10.6. The number of carboxylic acid groups (broad SMARTS) is 1. The molecule has 0 atom stereocenters. The fourth-order valence-electron chi connectivity index (χ4n) is 0.952. The van der Waals surface area contributed by atoms with E-state index in [0.29, 0.717) is 11.4 Å². The smallest absolute Gasteiger partial charge is 0.310 e. The summed E-state index contributed by atoms with van der Waals surface area (Å²) in [7, 11) is 0. The number of nitriles is 1. The van der Waals surface area contributed by atoms with E-state index in [0.717, 1.165) is 0 Å². The molecule has 1 rings (SSSR count). The average Bonchev–Trinajstić information content (AvgIpc) is 2.27. The number of carboxylic acids is 1. The van der Waals surface area contributed by atoms with Crippen molar-refractivity contribution in [2.75, 3.05) is 11.9 Å². The lowest BCUT2D eigenvalue weighted by molar-refractivity contribution is -0.146. The standard InChI is InChI=1S/C11H13N3O2/c1-11(2,10(15)16)7-14-9-4-3-8(5-12)6-13-9/h3-4,6H,7H2,1-2H3,(H,13,14)(H,15,16). The Morgan fingerprint density at radius 3 is 2.75 bits per heavy atom. The number of nitrogens with one attached hydrogen (secondary N) is 1. The Labute approximate surface area is 93.7 Å². The molecule has 0 bridgehead atoms. The van der Waals surface area contributed by atoms with E-state index >= 15 is 0 Å². The van der Waals surface area contributed by atoms with Gasteiger partial charge in [-0.25, -0.2) is 4.98 Å². The van der Waals surface area contributed by atoms with Gasteiger partial charge >= 0.3 is 5.97 Å². The average molecular weight is 219 g/mol. The lowest BCUT2D eigenvalue weighted by atomic mass is 9.94. The van der Waals surface area contributed by atoms with Gasteiger partial charge in [0.1, 0.15) is 11.9 Å². The SMILES string of the molecule is CC(C)(CNc1ccc(C#N)cn1)C(=O)O. The largest absolute Gasteiger partial charge is 0.481 e. The Hall–Kier alpha value is -2.09. The first kappa shape index (κ1) is 12.0. The second kappa shape index (κ2) is 4.62. The van der Waals surface area contributed by atoms with Crippen LogP contribution in [0.3, 0.4) is 0 Å². The van der Waals surface area contributed by atoms with E-state index in [9.17, 15) is 4.79 Å². The van der Waals surface area contributed by atoms with Gasteiger partial charge in [-0.15, -0.1) is 0 Å². The van der Waals surface area contributed by atoms with Gasteiger partial charge in [-0.2, -0.15) is 5.26 Å². The molecule has 16 heavy (non-hydrogen) atoms. The number of rotatable bonds is 4. The third-order valence-corrected chi connectivity index (χ3v) is 2.18. The van der Waals surface area contributed by atoms with Crippen molar-refractivity contribution in [2.45, 2.75) is 13.8 Å². The maximum atomic E-state index is 10.8. The zero-order chi connectivity index (χ0) is 12.2. The van der Waals surface area contributed by atoms with E-state index in [4.69, 9.17) is 10.4 Å². The summed E-state index contributed by atoms with van der Waals surface area (Å²) in [5.74, 6) is -0.304. The predicted octanol–water partition coefficient (Wildman–Crippen LogP) is 1.48. The molecule has 5 nitrogen and oxygen atoms in total. The van der Waals surface area contributed by atoms with E-state index < -0.39 is 11.4 Å². The van der Waals surface area contributed by atoms with E-state index in [-0.39, 0.29) is 6.54 Å². The van der Waals surface area contributed by atoms with Crippen LogP contribution >= 0.6 is 0 Å². The molecular formula is C11H13N3O2. The van der Waals surface area contributed by atoms with Crippen LogP contribution in [0.2, 0.25) is 0 Å². The van der Waals surface area contributed by atoms with Gasteiger partial charge in [0.25, 0.3) is 0 Å². The van der Waals surface area contributed by atoms with Crippen molar-refractivity contribution in [3.8, 4) is 6.07 Å². The summed E-state index contributed by atoms with van der Waals surface area (Å²) >= 11 is 0. The molecule has 2 N–H and O–H groups in total. The summed E-state index contributed by atoms with van der Waals surface area (Å²) in [5.41, 5.74) is -0.377. The minimum Gasteiger partial charge on any atom is -0.481 e. The van der Waals surface area contributed by atoms with Crippen molar-refractivity contribution >= 4 is 11.8 Å². The monoisotopic (exact) mass is 219 g/mol. The van der Waals surface area contributed by atoms with E-state index in [2.05, 4.69) is 10.3 Å². The molecule has 0 aliphatic carbocycles. The van der Waals surface area contributed by atoms with Crippen LogP contribution in [-0.4, -0.2) is 22.6 Å². The number of hydrogen-bond acceptors (Lipinski definition) is 4. The van der Waals surface area contributed by atoms with Gasteiger partial charge in [0, 0.05) is 12.7 Å². The molecule has 1 aromatic rings. The Morgan fingerprint density at radius 2 is 2.31 bits per heavy atom. The van der Waals surface area contributed by atoms with Gasteiger partial charge in [0.15, 0.2) is 0 Å². The zero-order valence-electron chi connectivity index (χ0n) is 9.19. The third-order valence-electron chi connectivity index (χ3n) is 2.18. The van der Waals surface area contributed by atoms with Crippen LogP contribution in [0.1, 0.15) is 19.4 Å². The Bertz CT molecular complexity index is 418. The summed E-state index contributed by atoms with van der Waals surface area (Å²) in [5, 5.41) is 20.4. The fraction of sp³-hybridized carbons (Fsp3) is 0.364. The van der Waals surface area contributed by atoms with Crippen LogP contribution in [0.15, 0.2) is 18.3 Å². The molecule has 0 aliphatic rings. The first-order valence-corrected chi connectivity index (χ1v) is 4.79. The van der Waals surface area contributed by atoms with Gasteiger partial charge in [-0.3, -0.25) is 4.79 Å². The molecule has 0 aliphatic heterocycles. The first-order valence-electron chi connectivity index (χ1n) is 4.79. The minimum atomic E-state index is -0.867. The third kappa shape index (κ3) is 2.95. The molecule has 0 saturated carbocycles. The van der Waals surface area contributed by atoms with E-state index in [1.807, 2.05) is 6.07 Å².